The van der Waals surface area contributed by atoms with Gasteiger partial charge in [-0.05, 0) is 43.7 Å². The van der Waals surface area contributed by atoms with Crippen LogP contribution in [0.3, 0.4) is 0 Å². The van der Waals surface area contributed by atoms with Crippen molar-refractivity contribution in [3.63, 3.8) is 0 Å². The van der Waals surface area contributed by atoms with E-state index in [0.717, 1.165) is 11.3 Å². The van der Waals surface area contributed by atoms with Gasteiger partial charge in [0.2, 0.25) is 11.7 Å². The van der Waals surface area contributed by atoms with E-state index >= 15 is 0 Å². The molecule has 1 amide bonds. The van der Waals surface area contributed by atoms with Gasteiger partial charge in [0.25, 0.3) is 5.56 Å². The average molecular weight is 420 g/mol. The molecule has 2 aromatic heterocycles. The van der Waals surface area contributed by atoms with Crippen molar-refractivity contribution in [3.8, 4) is 0 Å². The zero-order chi connectivity index (χ0) is 21.3. The van der Waals surface area contributed by atoms with Gasteiger partial charge in [0, 0.05) is 12.2 Å². The predicted octanol–water partition coefficient (Wildman–Crippen LogP) is 3.66. The number of nitrogens with one attached hydrogen (secondary N) is 1. The minimum atomic E-state index is -0.420. The van der Waals surface area contributed by atoms with Crippen molar-refractivity contribution >= 4 is 40.0 Å². The summed E-state index contributed by atoms with van der Waals surface area (Å²) in [7, 11) is 0. The normalized spacial score (nSPS) is 12.2. The molecule has 0 aliphatic carbocycles. The van der Waals surface area contributed by atoms with Gasteiger partial charge in [-0.3, -0.25) is 18.6 Å². The highest BCUT2D eigenvalue weighted by atomic mass is 32.2. The Kier molecular flexibility index (Phi) is 5.41. The lowest BCUT2D eigenvalue weighted by Crippen LogP contribution is -2.24. The van der Waals surface area contributed by atoms with E-state index in [9.17, 15) is 9.59 Å². The summed E-state index contributed by atoms with van der Waals surface area (Å²) in [6.07, 6.45) is 1.65. The molecule has 152 valence electrons. The molecular weight excluding hydrogens is 398 g/mol. The Hall–Kier alpha value is -3.39. The van der Waals surface area contributed by atoms with Gasteiger partial charge in [0.05, 0.1) is 16.2 Å². The third-order valence-corrected chi connectivity index (χ3v) is 5.77. The first kappa shape index (κ1) is 19.9. The highest BCUT2D eigenvalue weighted by Gasteiger charge is 2.21. The number of carbonyl (C=O) groups is 1. The molecular formula is C22H21N5O2S. The van der Waals surface area contributed by atoms with Crippen molar-refractivity contribution in [2.75, 3.05) is 5.32 Å². The maximum Gasteiger partial charge on any atom is 0.263 e. The molecule has 0 aliphatic rings. The van der Waals surface area contributed by atoms with Crippen LogP contribution >= 0.6 is 11.8 Å². The van der Waals surface area contributed by atoms with Gasteiger partial charge >= 0.3 is 0 Å². The Morgan fingerprint density at radius 2 is 2.03 bits per heavy atom. The van der Waals surface area contributed by atoms with Crippen LogP contribution in [-0.2, 0) is 11.3 Å². The summed E-state index contributed by atoms with van der Waals surface area (Å²) in [4.78, 5) is 25.6. The Morgan fingerprint density at radius 3 is 2.80 bits per heavy atom. The number of hydrogen-bond acceptors (Lipinski definition) is 5. The van der Waals surface area contributed by atoms with Gasteiger partial charge in [0.15, 0.2) is 5.16 Å². The van der Waals surface area contributed by atoms with Gasteiger partial charge < -0.3 is 5.32 Å². The number of thioether (sulfide) groups is 1. The number of benzene rings is 2. The van der Waals surface area contributed by atoms with Crippen molar-refractivity contribution < 1.29 is 4.79 Å². The maximum absolute atomic E-state index is 12.9. The van der Waals surface area contributed by atoms with E-state index in [1.54, 1.807) is 12.1 Å². The number of hydrogen-bond donors (Lipinski definition) is 1. The highest BCUT2D eigenvalue weighted by molar-refractivity contribution is 8.00. The number of amides is 1. The third-order valence-electron chi connectivity index (χ3n) is 4.73. The molecule has 0 saturated heterocycles. The van der Waals surface area contributed by atoms with Crippen molar-refractivity contribution in [1.29, 1.82) is 0 Å². The molecule has 1 atom stereocenters. The molecule has 0 spiro atoms. The van der Waals surface area contributed by atoms with E-state index in [4.69, 9.17) is 0 Å². The van der Waals surface area contributed by atoms with Crippen LogP contribution < -0.4 is 10.9 Å². The number of fused-ring (bicyclic) bond motifs is 3. The zero-order valence-electron chi connectivity index (χ0n) is 16.7. The van der Waals surface area contributed by atoms with Crippen LogP contribution in [0.2, 0.25) is 0 Å². The Bertz CT molecular complexity index is 1320. The summed E-state index contributed by atoms with van der Waals surface area (Å²) in [5.74, 6) is 0.290. The predicted molar refractivity (Wildman–Crippen MR) is 120 cm³/mol. The lowest BCUT2D eigenvalue weighted by atomic mass is 10.2. The minimum Gasteiger partial charge on any atom is -0.325 e. The molecule has 4 rings (SSSR count). The molecule has 0 unspecified atom stereocenters. The van der Waals surface area contributed by atoms with Gasteiger partial charge in [0.1, 0.15) is 0 Å². The van der Waals surface area contributed by atoms with Crippen molar-refractivity contribution in [2.45, 2.75) is 30.8 Å². The van der Waals surface area contributed by atoms with E-state index in [1.165, 1.54) is 16.3 Å². The molecule has 4 aromatic rings. The van der Waals surface area contributed by atoms with Crippen LogP contribution in [0.15, 0.2) is 71.1 Å². The highest BCUT2D eigenvalue weighted by Crippen LogP contribution is 2.26. The fraction of sp³-hybridized carbons (Fsp3) is 0.182. The largest absolute Gasteiger partial charge is 0.325 e. The molecule has 8 heteroatoms. The summed E-state index contributed by atoms with van der Waals surface area (Å²) >= 11 is 1.29. The van der Waals surface area contributed by atoms with Crippen LogP contribution in [-0.4, -0.2) is 30.3 Å². The number of carbonyl (C=O) groups excluding carboxylic acids is 1. The van der Waals surface area contributed by atoms with E-state index in [-0.39, 0.29) is 11.5 Å². The average Bonchev–Trinajstić information content (AvgIpc) is 3.14. The molecule has 2 aromatic carbocycles. The molecule has 1 N–H and O–H groups in total. The second-order valence-corrected chi connectivity index (χ2v) is 8.27. The number of anilines is 1. The molecule has 0 saturated carbocycles. The first-order valence-electron chi connectivity index (χ1n) is 9.51. The Balaban J connectivity index is 1.72. The van der Waals surface area contributed by atoms with Crippen LogP contribution in [0, 0.1) is 6.92 Å². The standard InChI is InChI=1S/C22H21N5O2S/c1-4-12-26-20(29)17-10-5-6-11-18(17)27-21(26)24-25-22(27)30-15(3)19(28)23-16-9-7-8-14(2)13-16/h4-11,13,15H,1,12H2,2-3H3,(H,23,28)/t15-/m1/s1. The number of rotatable bonds is 6. The topological polar surface area (TPSA) is 81.3 Å². The third kappa shape index (κ3) is 3.61. The summed E-state index contributed by atoms with van der Waals surface area (Å²) < 4.78 is 3.35. The Labute approximate surface area is 177 Å². The number of para-hydroxylation sites is 1. The van der Waals surface area contributed by atoms with E-state index < -0.39 is 5.25 Å². The minimum absolute atomic E-state index is 0.133. The van der Waals surface area contributed by atoms with E-state index in [1.807, 2.05) is 60.7 Å². The monoisotopic (exact) mass is 419 g/mol. The van der Waals surface area contributed by atoms with Crippen LogP contribution in [0.4, 0.5) is 5.69 Å². The molecule has 0 fully saturated rings. The first-order valence-corrected chi connectivity index (χ1v) is 10.4. The van der Waals surface area contributed by atoms with Crippen LogP contribution in [0.1, 0.15) is 12.5 Å². The summed E-state index contributed by atoms with van der Waals surface area (Å²) in [6, 6.07) is 15.0. The fourth-order valence-corrected chi connectivity index (χ4v) is 4.14. The number of nitrogens with zero attached hydrogens (tertiary/aromatic N) is 4. The maximum atomic E-state index is 12.9. The molecule has 0 radical (unpaired) electrons. The van der Waals surface area contributed by atoms with E-state index in [0.29, 0.717) is 28.4 Å². The van der Waals surface area contributed by atoms with Crippen molar-refractivity contribution in [3.05, 3.63) is 77.1 Å². The smallest absolute Gasteiger partial charge is 0.263 e. The van der Waals surface area contributed by atoms with Gasteiger partial charge in [-0.2, -0.15) is 0 Å². The quantitative estimate of drug-likeness (QED) is 0.381. The van der Waals surface area contributed by atoms with E-state index in [2.05, 4.69) is 22.1 Å². The Morgan fingerprint density at radius 1 is 1.23 bits per heavy atom. The van der Waals surface area contributed by atoms with Gasteiger partial charge in [-0.15, -0.1) is 16.8 Å². The van der Waals surface area contributed by atoms with Crippen molar-refractivity contribution in [1.82, 2.24) is 19.2 Å². The summed E-state index contributed by atoms with van der Waals surface area (Å²) in [6.45, 7) is 7.85. The second-order valence-electron chi connectivity index (χ2n) is 6.96. The number of aromatic nitrogens is 4. The van der Waals surface area contributed by atoms with Crippen LogP contribution in [0.5, 0.6) is 0 Å². The van der Waals surface area contributed by atoms with Crippen molar-refractivity contribution in [2.24, 2.45) is 0 Å². The van der Waals surface area contributed by atoms with Crippen LogP contribution in [0.25, 0.3) is 16.7 Å². The molecule has 30 heavy (non-hydrogen) atoms. The molecule has 0 bridgehead atoms. The molecule has 2 heterocycles. The number of aryl methyl sites for hydroxylation is 1. The summed E-state index contributed by atoms with van der Waals surface area (Å²) in [5, 5.41) is 12.1. The lowest BCUT2D eigenvalue weighted by Gasteiger charge is -2.13. The second kappa shape index (κ2) is 8.16. The SMILES string of the molecule is C=CCn1c(=O)c2ccccc2n2c(S[C@H](C)C(=O)Nc3cccc(C)c3)nnc12. The van der Waals surface area contributed by atoms with Gasteiger partial charge in [-0.1, -0.05) is 42.1 Å². The fourth-order valence-electron chi connectivity index (χ4n) is 3.28. The van der Waals surface area contributed by atoms with Gasteiger partial charge in [-0.25, -0.2) is 0 Å². The first-order chi connectivity index (χ1) is 14.5. The lowest BCUT2D eigenvalue weighted by molar-refractivity contribution is -0.115. The molecule has 0 aliphatic heterocycles. The molecule has 7 nitrogen and oxygen atoms in total. The zero-order valence-corrected chi connectivity index (χ0v) is 17.5. The number of allylic oxidation sites excluding steroid dienone is 1. The summed E-state index contributed by atoms with van der Waals surface area (Å²) in [5.41, 5.74) is 2.39.